The van der Waals surface area contributed by atoms with Crippen LogP contribution < -0.4 is 0 Å². The van der Waals surface area contributed by atoms with Crippen LogP contribution in [-0.4, -0.2) is 53.7 Å². The van der Waals surface area contributed by atoms with Crippen LogP contribution in [-0.2, 0) is 21.0 Å². The predicted molar refractivity (Wildman–Crippen MR) is 134 cm³/mol. The molecule has 1 aliphatic rings. The average molecular weight is 472 g/mol. The van der Waals surface area contributed by atoms with E-state index in [-0.39, 0.29) is 12.1 Å². The summed E-state index contributed by atoms with van der Waals surface area (Å²) in [7, 11) is -1.20. The van der Waals surface area contributed by atoms with E-state index in [1.807, 2.05) is 39.0 Å². The number of hydrogen-bond donors (Lipinski definition) is 0. The molecule has 7 nitrogen and oxygen atoms in total. The molecule has 1 fully saturated rings. The van der Waals surface area contributed by atoms with Crippen LogP contribution in [0.15, 0.2) is 24.3 Å². The van der Waals surface area contributed by atoms with Gasteiger partial charge < -0.3 is 14.0 Å². The van der Waals surface area contributed by atoms with Gasteiger partial charge in [-0.25, -0.2) is 9.78 Å². The zero-order valence-electron chi connectivity index (χ0n) is 20.8. The van der Waals surface area contributed by atoms with Crippen molar-refractivity contribution in [3.63, 3.8) is 0 Å². The Morgan fingerprint density at radius 1 is 1.27 bits per heavy atom. The van der Waals surface area contributed by atoms with Gasteiger partial charge in [0.25, 0.3) is 0 Å². The van der Waals surface area contributed by atoms with Crippen molar-refractivity contribution in [1.82, 2.24) is 14.5 Å². The molecule has 3 rings (SSSR count). The van der Waals surface area contributed by atoms with Gasteiger partial charge in [0.05, 0.1) is 17.1 Å². The fraction of sp³-hybridized carbons (Fsp3) is 0.560. The minimum atomic E-state index is -1.20. The molecule has 0 spiro atoms. The number of carbonyl (C=O) groups excluding carboxylic acids is 2. The van der Waals surface area contributed by atoms with E-state index in [1.165, 1.54) is 6.08 Å². The summed E-state index contributed by atoms with van der Waals surface area (Å²) in [4.78, 5) is 30.4. The molecule has 1 aromatic heterocycles. The van der Waals surface area contributed by atoms with Crippen LogP contribution >= 0.6 is 0 Å². The van der Waals surface area contributed by atoms with Gasteiger partial charge in [-0.15, -0.1) is 0 Å². The topological polar surface area (TPSA) is 73.7 Å². The zero-order valence-corrected chi connectivity index (χ0v) is 21.8. The summed E-state index contributed by atoms with van der Waals surface area (Å²) in [6, 6.07) is 6.85. The third-order valence-electron chi connectivity index (χ3n) is 5.56. The smallest absolute Gasteiger partial charge is 0.410 e. The van der Waals surface area contributed by atoms with E-state index >= 15 is 0 Å². The van der Waals surface area contributed by atoms with Gasteiger partial charge in [-0.2, -0.15) is 0 Å². The van der Waals surface area contributed by atoms with E-state index in [9.17, 15) is 9.59 Å². The first kappa shape index (κ1) is 25.2. The Morgan fingerprint density at radius 3 is 2.70 bits per heavy atom. The normalized spacial score (nSPS) is 17.3. The number of nitrogens with zero attached hydrogens (tertiary/aromatic N) is 3. The van der Waals surface area contributed by atoms with Crippen LogP contribution in [0.5, 0.6) is 0 Å². The summed E-state index contributed by atoms with van der Waals surface area (Å²) in [5, 5.41) is 0. The van der Waals surface area contributed by atoms with Crippen molar-refractivity contribution in [2.24, 2.45) is 0 Å². The number of fused-ring (bicyclic) bond motifs is 1. The van der Waals surface area contributed by atoms with Gasteiger partial charge in [0.1, 0.15) is 24.4 Å². The number of carbonyl (C=O) groups is 2. The molecule has 0 bridgehead atoms. The van der Waals surface area contributed by atoms with E-state index < -0.39 is 13.7 Å². The maximum absolute atomic E-state index is 12.9. The fourth-order valence-corrected chi connectivity index (χ4v) is 4.67. The van der Waals surface area contributed by atoms with Gasteiger partial charge in [-0.05, 0) is 63.4 Å². The molecule has 0 aliphatic carbocycles. The first-order valence-electron chi connectivity index (χ1n) is 11.7. The van der Waals surface area contributed by atoms with Crippen molar-refractivity contribution < 1.29 is 19.1 Å². The first-order chi connectivity index (χ1) is 15.5. The standard InChI is InChI=1S/C25H37N3O4Si/c1-25(2,3)32-24(30)27-13-7-10-22(27)23-26-20-17-19(9-8-14-29)11-12-21(20)28(23)18-31-15-16-33(4,5)6/h8-9,11-12,14,17,22H,7,10,13,15-16,18H2,1-6H3/b9-8+/t22-/m0/s1. The minimum Gasteiger partial charge on any atom is -0.444 e. The Morgan fingerprint density at radius 2 is 2.03 bits per heavy atom. The Balaban J connectivity index is 1.94. The number of aromatic nitrogens is 2. The molecule has 0 unspecified atom stereocenters. The third kappa shape index (κ3) is 6.77. The average Bonchev–Trinajstić information content (AvgIpc) is 3.32. The summed E-state index contributed by atoms with van der Waals surface area (Å²) in [5.74, 6) is 0.817. The highest BCUT2D eigenvalue weighted by Crippen LogP contribution is 2.35. The van der Waals surface area contributed by atoms with Gasteiger partial charge >= 0.3 is 6.09 Å². The van der Waals surface area contributed by atoms with E-state index in [0.29, 0.717) is 19.9 Å². The molecule has 1 aromatic carbocycles. The van der Waals surface area contributed by atoms with Crippen molar-refractivity contribution >= 4 is 37.6 Å². The van der Waals surface area contributed by atoms with E-state index in [0.717, 1.165) is 47.6 Å². The molecule has 1 amide bonds. The maximum atomic E-state index is 12.9. The monoisotopic (exact) mass is 471 g/mol. The molecule has 180 valence electrons. The molecule has 2 aromatic rings. The molecular formula is C25H37N3O4Si. The number of benzene rings is 1. The van der Waals surface area contributed by atoms with Crippen molar-refractivity contribution in [3.05, 3.63) is 35.7 Å². The number of hydrogen-bond acceptors (Lipinski definition) is 5. The fourth-order valence-electron chi connectivity index (χ4n) is 3.92. The number of amides is 1. The molecule has 2 heterocycles. The number of ether oxygens (including phenoxy) is 2. The van der Waals surface area contributed by atoms with Crippen molar-refractivity contribution in [2.45, 2.75) is 77.7 Å². The summed E-state index contributed by atoms with van der Waals surface area (Å²) < 4.78 is 13.8. The summed E-state index contributed by atoms with van der Waals surface area (Å²) in [5.41, 5.74) is 2.13. The zero-order chi connectivity index (χ0) is 24.2. The third-order valence-corrected chi connectivity index (χ3v) is 7.27. The van der Waals surface area contributed by atoms with E-state index in [2.05, 4.69) is 24.2 Å². The second-order valence-electron chi connectivity index (χ2n) is 10.8. The molecule has 33 heavy (non-hydrogen) atoms. The molecule has 8 heteroatoms. The van der Waals surface area contributed by atoms with Gasteiger partial charge in [0.15, 0.2) is 0 Å². The molecular weight excluding hydrogens is 434 g/mol. The summed E-state index contributed by atoms with van der Waals surface area (Å²) >= 11 is 0. The Bertz CT molecular complexity index is 1020. The number of rotatable bonds is 8. The Hall–Kier alpha value is -2.45. The largest absolute Gasteiger partial charge is 0.444 e. The van der Waals surface area contributed by atoms with Crippen LogP contribution in [0, 0.1) is 0 Å². The SMILES string of the molecule is CC(C)(C)OC(=O)N1CCC[C@H]1c1nc2cc(/C=C/C=O)ccc2n1COCC[Si](C)(C)C. The molecule has 0 radical (unpaired) electrons. The van der Waals surface area contributed by atoms with Gasteiger partial charge in [0.2, 0.25) is 0 Å². The van der Waals surface area contributed by atoms with E-state index in [4.69, 9.17) is 14.5 Å². The lowest BCUT2D eigenvalue weighted by molar-refractivity contribution is -0.104. The number of imidazole rings is 1. The highest BCUT2D eigenvalue weighted by Gasteiger charge is 2.36. The molecule has 1 aliphatic heterocycles. The molecule has 1 saturated heterocycles. The highest BCUT2D eigenvalue weighted by atomic mass is 28.3. The lowest BCUT2D eigenvalue weighted by atomic mass is 10.2. The van der Waals surface area contributed by atoms with Gasteiger partial charge in [-0.3, -0.25) is 9.69 Å². The van der Waals surface area contributed by atoms with Crippen LogP contribution in [0.1, 0.15) is 51.0 Å². The molecule has 0 N–H and O–H groups in total. The number of likely N-dealkylation sites (tertiary alicyclic amines) is 1. The van der Waals surface area contributed by atoms with Crippen molar-refractivity contribution in [3.8, 4) is 0 Å². The molecule has 0 saturated carbocycles. The molecule has 1 atom stereocenters. The van der Waals surface area contributed by atoms with Crippen LogP contribution in [0.2, 0.25) is 25.7 Å². The Labute approximate surface area is 197 Å². The summed E-state index contributed by atoms with van der Waals surface area (Å²) in [6.07, 6.45) is 5.42. The van der Waals surface area contributed by atoms with Gasteiger partial charge in [0, 0.05) is 21.2 Å². The lowest BCUT2D eigenvalue weighted by Gasteiger charge is -2.28. The second kappa shape index (κ2) is 10.2. The number of allylic oxidation sites excluding steroid dienone is 1. The summed E-state index contributed by atoms with van der Waals surface area (Å²) in [6.45, 7) is 14.4. The van der Waals surface area contributed by atoms with Crippen LogP contribution in [0.4, 0.5) is 4.79 Å². The lowest BCUT2D eigenvalue weighted by Crippen LogP contribution is -2.37. The minimum absolute atomic E-state index is 0.165. The second-order valence-corrected chi connectivity index (χ2v) is 16.4. The van der Waals surface area contributed by atoms with E-state index in [1.54, 1.807) is 11.0 Å². The predicted octanol–water partition coefficient (Wildman–Crippen LogP) is 5.63. The first-order valence-corrected chi connectivity index (χ1v) is 15.4. The van der Waals surface area contributed by atoms with Crippen molar-refractivity contribution in [1.29, 1.82) is 0 Å². The van der Waals surface area contributed by atoms with Crippen LogP contribution in [0.3, 0.4) is 0 Å². The quantitative estimate of drug-likeness (QED) is 0.216. The Kier molecular flexibility index (Phi) is 7.79. The maximum Gasteiger partial charge on any atom is 0.410 e. The highest BCUT2D eigenvalue weighted by molar-refractivity contribution is 6.76. The van der Waals surface area contributed by atoms with Crippen molar-refractivity contribution in [2.75, 3.05) is 13.2 Å². The van der Waals surface area contributed by atoms with Crippen LogP contribution in [0.25, 0.3) is 17.1 Å². The number of aldehydes is 1. The van der Waals surface area contributed by atoms with Gasteiger partial charge in [-0.1, -0.05) is 31.8 Å².